The number of benzene rings is 3. The minimum atomic E-state index is -0.164. The maximum atomic E-state index is 13.9. The van der Waals surface area contributed by atoms with E-state index in [1.165, 1.54) is 0 Å². The maximum Gasteiger partial charge on any atom is 0.258 e. The molecule has 2 atom stereocenters. The number of nitrogens with zero attached hydrogens (tertiary/aromatic N) is 3. The van der Waals surface area contributed by atoms with Crippen molar-refractivity contribution >= 4 is 23.2 Å². The number of aromatic nitrogens is 1. The van der Waals surface area contributed by atoms with Crippen molar-refractivity contribution in [2.24, 2.45) is 0 Å². The summed E-state index contributed by atoms with van der Waals surface area (Å²) in [5.74, 6) is -0.0957. The number of anilines is 2. The Kier molecular flexibility index (Phi) is 6.15. The molecule has 0 unspecified atom stereocenters. The average molecular weight is 462 g/mol. The Morgan fingerprint density at radius 3 is 2.26 bits per heavy atom. The number of fused-ring (bicyclic) bond motifs is 1. The summed E-state index contributed by atoms with van der Waals surface area (Å²) in [4.78, 5) is 34.8. The van der Waals surface area contributed by atoms with Crippen LogP contribution in [-0.4, -0.2) is 22.8 Å². The highest BCUT2D eigenvalue weighted by molar-refractivity contribution is 6.08. The summed E-state index contributed by atoms with van der Waals surface area (Å²) in [6, 6.07) is 30.8. The first kappa shape index (κ1) is 22.5. The van der Waals surface area contributed by atoms with Gasteiger partial charge >= 0.3 is 0 Å². The second kappa shape index (κ2) is 9.55. The molecule has 2 amide bonds. The molecule has 0 N–H and O–H groups in total. The normalized spacial score (nSPS) is 16.9. The van der Waals surface area contributed by atoms with Gasteiger partial charge in [0, 0.05) is 41.7 Å². The van der Waals surface area contributed by atoms with E-state index in [0.717, 1.165) is 28.2 Å². The van der Waals surface area contributed by atoms with E-state index in [-0.39, 0.29) is 23.9 Å². The van der Waals surface area contributed by atoms with Crippen LogP contribution in [0.25, 0.3) is 11.3 Å². The first-order chi connectivity index (χ1) is 17.0. The zero-order valence-corrected chi connectivity index (χ0v) is 19.8. The molecule has 1 aliphatic rings. The van der Waals surface area contributed by atoms with Gasteiger partial charge in [0.15, 0.2) is 0 Å². The van der Waals surface area contributed by atoms with E-state index in [9.17, 15) is 9.59 Å². The standard InChI is InChI=1S/C30H27N3O2/c1-21-19-29(33(22(2)34)25-13-7-4-8-14-25)26-15-9-10-16-28(26)32(21)30(35)24-17-18-31-27(20-24)23-11-5-3-6-12-23/h3-18,20-21,29H,19H2,1-2H3/t21-,29+/m0/s1. The molecule has 2 heterocycles. The predicted octanol–water partition coefficient (Wildman–Crippen LogP) is 6.28. The van der Waals surface area contributed by atoms with Crippen LogP contribution < -0.4 is 9.80 Å². The van der Waals surface area contributed by atoms with Gasteiger partial charge in [-0.1, -0.05) is 66.7 Å². The van der Waals surface area contributed by atoms with Crippen LogP contribution in [0.15, 0.2) is 103 Å². The zero-order chi connectivity index (χ0) is 24.4. The number of carbonyl (C=O) groups excluding carboxylic acids is 2. The van der Waals surface area contributed by atoms with Gasteiger partial charge in [0.25, 0.3) is 5.91 Å². The van der Waals surface area contributed by atoms with Crippen molar-refractivity contribution in [3.05, 3.63) is 114 Å². The van der Waals surface area contributed by atoms with Crippen molar-refractivity contribution in [2.45, 2.75) is 32.4 Å². The van der Waals surface area contributed by atoms with Crippen molar-refractivity contribution in [3.63, 3.8) is 0 Å². The van der Waals surface area contributed by atoms with Crippen LogP contribution in [0.5, 0.6) is 0 Å². The largest absolute Gasteiger partial charge is 0.305 e. The minimum Gasteiger partial charge on any atom is -0.305 e. The van der Waals surface area contributed by atoms with Gasteiger partial charge < -0.3 is 9.80 Å². The Morgan fingerprint density at radius 2 is 1.54 bits per heavy atom. The van der Waals surface area contributed by atoms with Crippen molar-refractivity contribution in [1.82, 2.24) is 4.98 Å². The molecule has 3 aromatic carbocycles. The molecular weight excluding hydrogens is 434 g/mol. The number of rotatable bonds is 4. The van der Waals surface area contributed by atoms with E-state index in [2.05, 4.69) is 4.98 Å². The first-order valence-corrected chi connectivity index (χ1v) is 11.8. The van der Waals surface area contributed by atoms with Crippen LogP contribution in [0.2, 0.25) is 0 Å². The number of hydrogen-bond donors (Lipinski definition) is 0. The highest BCUT2D eigenvalue weighted by atomic mass is 16.2. The zero-order valence-electron chi connectivity index (χ0n) is 19.8. The fraction of sp³-hybridized carbons (Fsp3) is 0.167. The van der Waals surface area contributed by atoms with Crippen LogP contribution in [0.1, 0.15) is 42.2 Å². The first-order valence-electron chi connectivity index (χ1n) is 11.8. The number of para-hydroxylation sites is 2. The van der Waals surface area contributed by atoms with Gasteiger partial charge in [0.2, 0.25) is 5.91 Å². The molecule has 0 radical (unpaired) electrons. The van der Waals surface area contributed by atoms with Gasteiger partial charge in [0.1, 0.15) is 0 Å². The third-order valence-corrected chi connectivity index (χ3v) is 6.54. The van der Waals surface area contributed by atoms with Crippen LogP contribution in [0.4, 0.5) is 11.4 Å². The summed E-state index contributed by atoms with van der Waals surface area (Å²) in [6.07, 6.45) is 2.32. The molecule has 174 valence electrons. The Balaban J connectivity index is 1.54. The van der Waals surface area contributed by atoms with Gasteiger partial charge in [-0.15, -0.1) is 0 Å². The Labute approximate surface area is 205 Å². The molecule has 0 fully saturated rings. The van der Waals surface area contributed by atoms with Crippen LogP contribution in [0, 0.1) is 0 Å². The van der Waals surface area contributed by atoms with Gasteiger partial charge in [-0.3, -0.25) is 14.6 Å². The van der Waals surface area contributed by atoms with E-state index in [0.29, 0.717) is 12.0 Å². The van der Waals surface area contributed by atoms with E-state index >= 15 is 0 Å². The molecule has 1 aromatic heterocycles. The minimum absolute atomic E-state index is 0.0235. The van der Waals surface area contributed by atoms with Crippen molar-refractivity contribution in [3.8, 4) is 11.3 Å². The van der Waals surface area contributed by atoms with E-state index < -0.39 is 0 Å². The lowest BCUT2D eigenvalue weighted by Crippen LogP contribution is -2.47. The molecule has 4 aromatic rings. The summed E-state index contributed by atoms with van der Waals surface area (Å²) in [6.45, 7) is 3.64. The van der Waals surface area contributed by atoms with Crippen LogP contribution in [0.3, 0.4) is 0 Å². The quantitative estimate of drug-likeness (QED) is 0.359. The van der Waals surface area contributed by atoms with E-state index in [4.69, 9.17) is 0 Å². The third-order valence-electron chi connectivity index (χ3n) is 6.54. The van der Waals surface area contributed by atoms with Crippen molar-refractivity contribution in [1.29, 1.82) is 0 Å². The number of hydrogen-bond acceptors (Lipinski definition) is 3. The molecular formula is C30H27N3O2. The lowest BCUT2D eigenvalue weighted by atomic mass is 9.89. The van der Waals surface area contributed by atoms with Gasteiger partial charge in [-0.25, -0.2) is 0 Å². The molecule has 0 aliphatic carbocycles. The molecule has 0 saturated heterocycles. The van der Waals surface area contributed by atoms with E-state index in [1.54, 1.807) is 19.2 Å². The Hall–Kier alpha value is -4.25. The predicted molar refractivity (Wildman–Crippen MR) is 139 cm³/mol. The van der Waals surface area contributed by atoms with Gasteiger partial charge in [0.05, 0.1) is 11.7 Å². The lowest BCUT2D eigenvalue weighted by Gasteiger charge is -2.43. The van der Waals surface area contributed by atoms with Crippen molar-refractivity contribution < 1.29 is 9.59 Å². The second-order valence-corrected chi connectivity index (χ2v) is 8.85. The number of amides is 2. The second-order valence-electron chi connectivity index (χ2n) is 8.85. The summed E-state index contributed by atoms with van der Waals surface area (Å²) >= 11 is 0. The van der Waals surface area contributed by atoms with Crippen molar-refractivity contribution in [2.75, 3.05) is 9.80 Å². The lowest BCUT2D eigenvalue weighted by molar-refractivity contribution is -0.117. The number of pyridine rings is 1. The summed E-state index contributed by atoms with van der Waals surface area (Å²) in [5, 5.41) is 0. The van der Waals surface area contributed by atoms with Gasteiger partial charge in [-0.2, -0.15) is 0 Å². The highest BCUT2D eigenvalue weighted by Gasteiger charge is 2.38. The molecule has 0 bridgehead atoms. The smallest absolute Gasteiger partial charge is 0.258 e. The summed E-state index contributed by atoms with van der Waals surface area (Å²) in [5.41, 5.74) is 4.98. The molecule has 5 heteroatoms. The molecule has 35 heavy (non-hydrogen) atoms. The Bertz CT molecular complexity index is 1350. The number of carbonyl (C=O) groups is 2. The molecule has 5 rings (SSSR count). The topological polar surface area (TPSA) is 53.5 Å². The molecule has 0 spiro atoms. The highest BCUT2D eigenvalue weighted by Crippen LogP contribution is 2.42. The summed E-state index contributed by atoms with van der Waals surface area (Å²) in [7, 11) is 0. The SMILES string of the molecule is CC(=O)N(c1ccccc1)[C@@H]1C[C@H](C)N(C(=O)c2ccnc(-c3ccccc3)c2)c2ccccc21. The summed E-state index contributed by atoms with van der Waals surface area (Å²) < 4.78 is 0. The molecule has 0 saturated carbocycles. The third kappa shape index (κ3) is 4.33. The van der Waals surface area contributed by atoms with Crippen LogP contribution in [-0.2, 0) is 4.79 Å². The van der Waals surface area contributed by atoms with Crippen LogP contribution >= 0.6 is 0 Å². The fourth-order valence-corrected chi connectivity index (χ4v) is 4.97. The molecule has 5 nitrogen and oxygen atoms in total. The van der Waals surface area contributed by atoms with E-state index in [1.807, 2.05) is 108 Å². The monoisotopic (exact) mass is 461 g/mol. The molecule has 1 aliphatic heterocycles. The van der Waals surface area contributed by atoms with Gasteiger partial charge in [-0.05, 0) is 49.2 Å². The maximum absolute atomic E-state index is 13.9. The average Bonchev–Trinajstić information content (AvgIpc) is 2.89. The Morgan fingerprint density at radius 1 is 0.886 bits per heavy atom. The fourth-order valence-electron chi connectivity index (χ4n) is 4.97.